The molecule has 0 bridgehead atoms. The molecular weight excluding hydrogens is 1150 g/mol. The SMILES string of the molecule is CC(=O)CC[C@@H](NC(=O)N[C@H](CCCCN(Cc1ccc(I)cc1)C(=O)c1ccc(CNC(=O)CCCCNC(=O)CCC(C(=O)O)N2CCN(CC(=O)O)CCN(CC(=O)O)CCN(CC(=O)O)CC2)cc1)C(=O)O)C(=O)O. The Morgan fingerprint density at radius 2 is 1.04 bits per heavy atom. The number of hydrogen-bond donors (Lipinski definition) is 10. The summed E-state index contributed by atoms with van der Waals surface area (Å²) in [5.41, 5.74) is 1.95. The van der Waals surface area contributed by atoms with Crippen molar-refractivity contribution < 1.29 is 83.4 Å². The molecule has 436 valence electrons. The van der Waals surface area contributed by atoms with Crippen molar-refractivity contribution in [2.75, 3.05) is 85.1 Å². The molecule has 0 aliphatic carbocycles. The van der Waals surface area contributed by atoms with Crippen LogP contribution in [0, 0.1) is 3.57 Å². The molecular formula is C52H74IN9O17. The van der Waals surface area contributed by atoms with Crippen LogP contribution in [0.3, 0.4) is 0 Å². The number of hydrogen-bond acceptors (Lipinski definition) is 15. The number of amides is 5. The summed E-state index contributed by atoms with van der Waals surface area (Å²) < 4.78 is 1.00. The number of aliphatic carboxylic acids is 6. The molecule has 2 aromatic rings. The summed E-state index contributed by atoms with van der Waals surface area (Å²) in [4.78, 5) is 142. The van der Waals surface area contributed by atoms with Gasteiger partial charge in [0.1, 0.15) is 23.9 Å². The third kappa shape index (κ3) is 27.6. The normalized spacial score (nSPS) is 15.2. The van der Waals surface area contributed by atoms with Crippen molar-refractivity contribution in [1.82, 2.24) is 45.8 Å². The molecule has 1 aliphatic heterocycles. The molecule has 10 N–H and O–H groups in total. The molecule has 26 nitrogen and oxygen atoms in total. The fourth-order valence-electron chi connectivity index (χ4n) is 8.54. The van der Waals surface area contributed by atoms with Crippen molar-refractivity contribution in [3.05, 3.63) is 68.8 Å². The number of carboxylic acid groups (broad SMARTS) is 6. The van der Waals surface area contributed by atoms with Gasteiger partial charge in [0, 0.05) is 107 Å². The zero-order chi connectivity index (χ0) is 58.4. The highest BCUT2D eigenvalue weighted by Gasteiger charge is 2.29. The van der Waals surface area contributed by atoms with Crippen LogP contribution in [0.25, 0.3) is 0 Å². The van der Waals surface area contributed by atoms with E-state index in [1.807, 2.05) is 24.3 Å². The van der Waals surface area contributed by atoms with Crippen molar-refractivity contribution in [3.63, 3.8) is 0 Å². The summed E-state index contributed by atoms with van der Waals surface area (Å²) in [5, 5.41) is 68.0. The maximum absolute atomic E-state index is 13.9. The van der Waals surface area contributed by atoms with E-state index in [0.29, 0.717) is 24.8 Å². The second-order valence-corrected chi connectivity index (χ2v) is 20.5. The molecule has 1 unspecified atom stereocenters. The zero-order valence-electron chi connectivity index (χ0n) is 44.3. The number of urea groups is 1. The first kappa shape index (κ1) is 66.5. The molecule has 27 heteroatoms. The van der Waals surface area contributed by atoms with Crippen LogP contribution in [-0.2, 0) is 56.2 Å². The molecule has 0 spiro atoms. The Hall–Kier alpha value is -6.82. The first-order chi connectivity index (χ1) is 37.5. The van der Waals surface area contributed by atoms with E-state index >= 15 is 0 Å². The second kappa shape index (κ2) is 35.6. The Labute approximate surface area is 471 Å². The van der Waals surface area contributed by atoms with Crippen molar-refractivity contribution in [1.29, 1.82) is 0 Å². The van der Waals surface area contributed by atoms with Gasteiger partial charge in [0.25, 0.3) is 5.91 Å². The van der Waals surface area contributed by atoms with Crippen molar-refractivity contribution in [3.8, 4) is 0 Å². The van der Waals surface area contributed by atoms with Crippen LogP contribution < -0.4 is 21.3 Å². The quantitative estimate of drug-likeness (QED) is 0.0355. The first-order valence-corrected chi connectivity index (χ1v) is 27.0. The zero-order valence-corrected chi connectivity index (χ0v) is 46.5. The predicted octanol–water partition coefficient (Wildman–Crippen LogP) is 1.29. The Morgan fingerprint density at radius 3 is 1.53 bits per heavy atom. The lowest BCUT2D eigenvalue weighted by Gasteiger charge is -2.35. The number of ketones is 1. The first-order valence-electron chi connectivity index (χ1n) is 26.0. The Morgan fingerprint density at radius 1 is 0.544 bits per heavy atom. The number of carbonyl (C=O) groups excluding carboxylic acids is 5. The van der Waals surface area contributed by atoms with Crippen molar-refractivity contribution in [2.24, 2.45) is 0 Å². The molecule has 1 saturated heterocycles. The van der Waals surface area contributed by atoms with Gasteiger partial charge in [-0.25, -0.2) is 14.4 Å². The van der Waals surface area contributed by atoms with E-state index in [2.05, 4.69) is 43.9 Å². The van der Waals surface area contributed by atoms with Gasteiger partial charge in [0.15, 0.2) is 0 Å². The van der Waals surface area contributed by atoms with E-state index in [1.165, 1.54) is 6.92 Å². The lowest BCUT2D eigenvalue weighted by molar-refractivity contribution is -0.145. The summed E-state index contributed by atoms with van der Waals surface area (Å²) in [7, 11) is 0. The molecule has 0 radical (unpaired) electrons. The summed E-state index contributed by atoms with van der Waals surface area (Å²) in [5.74, 6) is -8.47. The number of Topliss-reactive ketones (excluding diaryl/α,β-unsaturated/α-hetero) is 1. The van der Waals surface area contributed by atoms with Gasteiger partial charge in [0.2, 0.25) is 11.8 Å². The van der Waals surface area contributed by atoms with Crippen molar-refractivity contribution in [2.45, 2.75) is 102 Å². The number of unbranched alkanes of at least 4 members (excludes halogenated alkanes) is 2. The smallest absolute Gasteiger partial charge is 0.326 e. The average Bonchev–Trinajstić information content (AvgIpc) is 3.37. The number of carbonyl (C=O) groups is 11. The number of nitrogens with one attached hydrogen (secondary N) is 4. The largest absolute Gasteiger partial charge is 0.480 e. The molecule has 5 amide bonds. The molecule has 3 atom stereocenters. The van der Waals surface area contributed by atoms with Gasteiger partial charge in [-0.1, -0.05) is 24.3 Å². The summed E-state index contributed by atoms with van der Waals surface area (Å²) >= 11 is 2.17. The standard InChI is InChI=1S/C52H74IN9O17/c1-35(63)8-17-41(50(75)76)57-52(79)56-40(49(73)74)6-3-5-21-62(31-37-11-15-39(53)16-12-37)48(72)38-13-9-36(10-14-38)30-55-43(64)7-2-4-20-54-44(65)19-18-42(51(77)78)61-28-26-59(33-46(68)69)24-22-58(32-45(66)67)23-25-60(27-29-61)34-47(70)71/h9-16,40-42H,2-8,17-34H2,1H3,(H,54,65)(H,55,64)(H,66,67)(H,68,69)(H,70,71)(H,73,74)(H,75,76)(H,77,78)(H2,56,57,79)/t40-,41-,42?/m1/s1. The summed E-state index contributed by atoms with van der Waals surface area (Å²) in [6.07, 6.45) is 1.14. The molecule has 1 aliphatic rings. The van der Waals surface area contributed by atoms with E-state index in [-0.39, 0.29) is 161 Å². The van der Waals surface area contributed by atoms with E-state index in [1.54, 1.807) is 48.8 Å². The maximum Gasteiger partial charge on any atom is 0.326 e. The topological polar surface area (TPSA) is 373 Å². The fraction of sp³-hybridized carbons (Fsp3) is 0.558. The van der Waals surface area contributed by atoms with Crippen molar-refractivity contribution >= 4 is 87.9 Å². The van der Waals surface area contributed by atoms with Gasteiger partial charge in [-0.15, -0.1) is 0 Å². The van der Waals surface area contributed by atoms with Gasteiger partial charge < -0.3 is 61.6 Å². The Kier molecular flexibility index (Phi) is 30.0. The number of carboxylic acids is 6. The minimum Gasteiger partial charge on any atom is -0.480 e. The maximum atomic E-state index is 13.9. The Balaban J connectivity index is 1.49. The lowest BCUT2D eigenvalue weighted by atomic mass is 10.1. The van der Waals surface area contributed by atoms with E-state index in [4.69, 9.17) is 0 Å². The fourth-order valence-corrected chi connectivity index (χ4v) is 8.90. The van der Waals surface area contributed by atoms with Gasteiger partial charge >= 0.3 is 41.8 Å². The molecule has 2 aromatic carbocycles. The molecule has 0 saturated carbocycles. The molecule has 1 heterocycles. The van der Waals surface area contributed by atoms with Crippen LogP contribution in [0.4, 0.5) is 4.79 Å². The van der Waals surface area contributed by atoms with Gasteiger partial charge in [0.05, 0.1) is 19.6 Å². The second-order valence-electron chi connectivity index (χ2n) is 19.2. The average molecular weight is 1220 g/mol. The van der Waals surface area contributed by atoms with Crippen LogP contribution in [0.5, 0.6) is 0 Å². The number of halogens is 1. The molecule has 1 fully saturated rings. The van der Waals surface area contributed by atoms with Gasteiger partial charge in [-0.05, 0) is 110 Å². The number of benzene rings is 2. The van der Waals surface area contributed by atoms with E-state index in [9.17, 15) is 83.4 Å². The lowest BCUT2D eigenvalue weighted by Crippen LogP contribution is -2.52. The highest BCUT2D eigenvalue weighted by Crippen LogP contribution is 2.17. The van der Waals surface area contributed by atoms with Crippen LogP contribution in [0.2, 0.25) is 0 Å². The minimum atomic E-state index is -1.39. The van der Waals surface area contributed by atoms with Crippen LogP contribution in [0.1, 0.15) is 92.6 Å². The summed E-state index contributed by atoms with van der Waals surface area (Å²) in [6.45, 7) is 2.15. The Bertz CT molecular complexity index is 2350. The van der Waals surface area contributed by atoms with E-state index in [0.717, 1.165) is 14.7 Å². The van der Waals surface area contributed by atoms with Crippen LogP contribution >= 0.6 is 22.6 Å². The highest BCUT2D eigenvalue weighted by atomic mass is 127. The molecule has 3 rings (SSSR count). The molecule has 79 heavy (non-hydrogen) atoms. The summed E-state index contributed by atoms with van der Waals surface area (Å²) in [6, 6.07) is 9.39. The number of nitrogens with zero attached hydrogens (tertiary/aromatic N) is 5. The molecule has 0 aromatic heterocycles. The number of rotatable bonds is 33. The highest BCUT2D eigenvalue weighted by molar-refractivity contribution is 14.1. The van der Waals surface area contributed by atoms with Gasteiger partial charge in [-0.3, -0.25) is 53.2 Å². The third-order valence-corrected chi connectivity index (χ3v) is 13.6. The minimum absolute atomic E-state index is 0.0163. The van der Waals surface area contributed by atoms with Crippen LogP contribution in [0.15, 0.2) is 48.5 Å². The van der Waals surface area contributed by atoms with Gasteiger partial charge in [-0.2, -0.15) is 0 Å². The monoisotopic (exact) mass is 1220 g/mol. The third-order valence-electron chi connectivity index (χ3n) is 12.9. The predicted molar refractivity (Wildman–Crippen MR) is 292 cm³/mol. The van der Waals surface area contributed by atoms with Crippen LogP contribution in [-0.4, -0.2) is 224 Å². The van der Waals surface area contributed by atoms with E-state index < -0.39 is 65.9 Å².